The molecular formula is C44H31Cl3F6N2O4. The van der Waals surface area contributed by atoms with Crippen LogP contribution in [0.5, 0.6) is 0 Å². The van der Waals surface area contributed by atoms with Gasteiger partial charge in [0.1, 0.15) is 11.6 Å². The molecule has 0 saturated heterocycles. The van der Waals surface area contributed by atoms with Gasteiger partial charge in [-0.3, -0.25) is 19.2 Å². The van der Waals surface area contributed by atoms with E-state index in [1.165, 1.54) is 79.7 Å². The van der Waals surface area contributed by atoms with E-state index < -0.39 is 47.8 Å². The van der Waals surface area contributed by atoms with Crippen LogP contribution in [0.15, 0.2) is 133 Å². The third-order valence-electron chi connectivity index (χ3n) is 8.17. The summed E-state index contributed by atoms with van der Waals surface area (Å²) in [6, 6.07) is 32.1. The molecule has 59 heavy (non-hydrogen) atoms. The van der Waals surface area contributed by atoms with E-state index >= 15 is 0 Å². The van der Waals surface area contributed by atoms with Crippen LogP contribution in [-0.2, 0) is 9.59 Å². The number of carbonyl (C=O) groups is 4. The molecule has 6 aromatic rings. The van der Waals surface area contributed by atoms with E-state index in [1.807, 2.05) is 0 Å². The minimum atomic E-state index is -2.88. The average molecular weight is 872 g/mol. The maximum absolute atomic E-state index is 14.0. The molecule has 0 atom stereocenters. The number of nitrogens with one attached hydrogen (secondary N) is 1. The van der Waals surface area contributed by atoms with Crippen molar-refractivity contribution >= 4 is 69.1 Å². The molecule has 0 aromatic heterocycles. The molecule has 6 aromatic carbocycles. The molecule has 1 N–H and O–H groups in total. The lowest BCUT2D eigenvalue weighted by molar-refractivity contribution is -0.116. The van der Waals surface area contributed by atoms with E-state index in [-0.39, 0.29) is 37.7 Å². The third kappa shape index (κ3) is 12.0. The average Bonchev–Trinajstić information content (AvgIpc) is 3.20. The second-order valence-corrected chi connectivity index (χ2v) is 13.5. The van der Waals surface area contributed by atoms with Crippen molar-refractivity contribution in [3.8, 4) is 22.3 Å². The lowest BCUT2D eigenvalue weighted by atomic mass is 10.0. The zero-order valence-electron chi connectivity index (χ0n) is 30.8. The summed E-state index contributed by atoms with van der Waals surface area (Å²) < 4.78 is 80.7. The fourth-order valence-electron chi connectivity index (χ4n) is 5.59. The molecule has 0 aliphatic heterocycles. The highest BCUT2D eigenvalue weighted by atomic mass is 35.5. The van der Waals surface area contributed by atoms with Crippen molar-refractivity contribution in [2.45, 2.75) is 26.7 Å². The third-order valence-corrected chi connectivity index (χ3v) is 8.78. The van der Waals surface area contributed by atoms with Gasteiger partial charge >= 0.3 is 0 Å². The van der Waals surface area contributed by atoms with Crippen molar-refractivity contribution in [3.05, 3.63) is 177 Å². The van der Waals surface area contributed by atoms with Gasteiger partial charge < -0.3 is 5.32 Å². The van der Waals surface area contributed by atoms with Crippen molar-refractivity contribution in [1.82, 2.24) is 0 Å². The van der Waals surface area contributed by atoms with Crippen molar-refractivity contribution < 1.29 is 45.5 Å². The smallest absolute Gasteiger partial charge is 0.265 e. The zero-order chi connectivity index (χ0) is 43.4. The minimum absolute atomic E-state index is 0.0128. The van der Waals surface area contributed by atoms with Gasteiger partial charge in [-0.1, -0.05) is 108 Å². The van der Waals surface area contributed by atoms with Crippen molar-refractivity contribution in [2.24, 2.45) is 0 Å². The summed E-state index contributed by atoms with van der Waals surface area (Å²) in [7, 11) is 0. The Kier molecular flexibility index (Phi) is 16.4. The van der Waals surface area contributed by atoms with Gasteiger partial charge in [-0.2, -0.15) is 0 Å². The van der Waals surface area contributed by atoms with Crippen LogP contribution < -0.4 is 10.2 Å². The topological polar surface area (TPSA) is 83.6 Å². The first-order valence-electron chi connectivity index (χ1n) is 17.2. The molecule has 0 aliphatic rings. The van der Waals surface area contributed by atoms with E-state index in [2.05, 4.69) is 16.9 Å². The Morgan fingerprint density at radius 1 is 0.576 bits per heavy atom. The number of carbonyl (C=O) groups excluding carboxylic acids is 4. The number of rotatable bonds is 8. The number of amides is 3. The Morgan fingerprint density at radius 2 is 1.00 bits per heavy atom. The number of anilines is 2. The molecule has 15 heteroatoms. The van der Waals surface area contributed by atoms with Gasteiger partial charge in [0.2, 0.25) is 11.1 Å². The van der Waals surface area contributed by atoms with E-state index in [0.29, 0.717) is 27.9 Å². The van der Waals surface area contributed by atoms with Gasteiger partial charge in [-0.05, 0) is 71.3 Å². The standard InChI is InChI=1S/C22H15ClF3NO2.C20H13ClF3NO.C2H3ClO/c1-13(28)27(22(29)17-8-3-2-7-16(17)21(25)26)20-9-5-4-6-15(20)14-10-11-18(23)19(24)12-14;21-16-10-9-12(11-17(16)22)13-5-3-4-8-18(13)25-20(26)15-7-2-1-6-14(15)19(23)24;1-2(3)4/h2-12,21H,1H3;1-11,19H,(H,25,26);1H3. The highest BCUT2D eigenvalue weighted by molar-refractivity contribution is 6.62. The van der Waals surface area contributed by atoms with E-state index in [1.54, 1.807) is 54.6 Å². The largest absolute Gasteiger partial charge is 0.321 e. The fraction of sp³-hybridized carbons (Fsp3) is 0.0909. The van der Waals surface area contributed by atoms with Crippen molar-refractivity contribution in [1.29, 1.82) is 0 Å². The number of halogens is 9. The zero-order valence-corrected chi connectivity index (χ0v) is 33.1. The van der Waals surface area contributed by atoms with Gasteiger partial charge in [0, 0.05) is 52.9 Å². The van der Waals surface area contributed by atoms with Crippen LogP contribution in [0.1, 0.15) is 58.5 Å². The second kappa shape index (κ2) is 21.2. The van der Waals surface area contributed by atoms with Gasteiger partial charge in [-0.25, -0.2) is 31.2 Å². The first kappa shape index (κ1) is 45.7. The first-order valence-corrected chi connectivity index (χ1v) is 18.3. The molecule has 0 spiro atoms. The van der Waals surface area contributed by atoms with Gasteiger partial charge in [-0.15, -0.1) is 0 Å². The number of alkyl halides is 4. The van der Waals surface area contributed by atoms with Crippen LogP contribution in [0.4, 0.5) is 37.7 Å². The number of para-hydroxylation sites is 2. The maximum atomic E-state index is 14.0. The van der Waals surface area contributed by atoms with Crippen LogP contribution in [-0.4, -0.2) is 23.0 Å². The lowest BCUT2D eigenvalue weighted by Crippen LogP contribution is -2.36. The van der Waals surface area contributed by atoms with Crippen molar-refractivity contribution in [2.75, 3.05) is 10.2 Å². The normalized spacial score (nSPS) is 10.5. The summed E-state index contributed by atoms with van der Waals surface area (Å²) in [6.07, 6.45) is -5.65. The Morgan fingerprint density at radius 3 is 1.51 bits per heavy atom. The number of benzene rings is 6. The summed E-state index contributed by atoms with van der Waals surface area (Å²) >= 11 is 16.1. The van der Waals surface area contributed by atoms with Crippen molar-refractivity contribution in [3.63, 3.8) is 0 Å². The molecule has 0 saturated carbocycles. The molecule has 6 rings (SSSR count). The molecule has 3 amide bonds. The molecule has 0 fully saturated rings. The summed E-state index contributed by atoms with van der Waals surface area (Å²) in [5.41, 5.74) is 1.12. The number of hydrogen-bond acceptors (Lipinski definition) is 4. The molecule has 0 unspecified atom stereocenters. The lowest BCUT2D eigenvalue weighted by Gasteiger charge is -2.23. The monoisotopic (exact) mass is 870 g/mol. The van der Waals surface area contributed by atoms with Crippen LogP contribution >= 0.6 is 34.8 Å². The Balaban J connectivity index is 0.000000240. The summed E-state index contributed by atoms with van der Waals surface area (Å²) in [4.78, 5) is 48.0. The predicted octanol–water partition coefficient (Wildman–Crippen LogP) is 13.4. The molecular weight excluding hydrogens is 841 g/mol. The summed E-state index contributed by atoms with van der Waals surface area (Å²) in [5.74, 6) is -3.48. The maximum Gasteiger partial charge on any atom is 0.265 e. The first-order chi connectivity index (χ1) is 28.0. The van der Waals surface area contributed by atoms with Crippen LogP contribution in [0.2, 0.25) is 10.0 Å². The van der Waals surface area contributed by atoms with Crippen LogP contribution in [0.3, 0.4) is 0 Å². The van der Waals surface area contributed by atoms with Gasteiger partial charge in [0.25, 0.3) is 24.7 Å². The Bertz CT molecular complexity index is 2480. The van der Waals surface area contributed by atoms with E-state index in [0.717, 1.165) is 17.9 Å². The quantitative estimate of drug-likeness (QED) is 0.122. The molecule has 304 valence electrons. The van der Waals surface area contributed by atoms with E-state index in [4.69, 9.17) is 23.2 Å². The minimum Gasteiger partial charge on any atom is -0.321 e. The molecule has 0 heterocycles. The highest BCUT2D eigenvalue weighted by Crippen LogP contribution is 2.35. The molecule has 0 aliphatic carbocycles. The second-order valence-electron chi connectivity index (χ2n) is 12.2. The molecule has 0 radical (unpaired) electrons. The number of hydrogen-bond donors (Lipinski definition) is 1. The van der Waals surface area contributed by atoms with Crippen LogP contribution in [0, 0.1) is 11.6 Å². The SMILES string of the molecule is CC(=O)Cl.CC(=O)N(C(=O)c1ccccc1C(F)F)c1ccccc1-c1ccc(Cl)c(F)c1.O=C(Nc1ccccc1-c1ccc(Cl)c(F)c1)c1ccccc1C(F)F. The highest BCUT2D eigenvalue weighted by Gasteiger charge is 2.28. The molecule has 0 bridgehead atoms. The summed E-state index contributed by atoms with van der Waals surface area (Å²) in [5, 5.41) is 2.18. The Labute approximate surface area is 350 Å². The van der Waals surface area contributed by atoms with Gasteiger partial charge in [0.05, 0.1) is 15.7 Å². The number of imide groups is 1. The predicted molar refractivity (Wildman–Crippen MR) is 218 cm³/mol. The Hall–Kier alpha value is -5.95. The van der Waals surface area contributed by atoms with E-state index in [9.17, 15) is 45.5 Å². The number of nitrogens with zero attached hydrogens (tertiary/aromatic N) is 1. The molecule has 6 nitrogen and oxygen atoms in total. The van der Waals surface area contributed by atoms with Gasteiger partial charge in [0.15, 0.2) is 0 Å². The summed E-state index contributed by atoms with van der Waals surface area (Å²) in [6.45, 7) is 2.45. The fourth-order valence-corrected chi connectivity index (χ4v) is 5.83. The van der Waals surface area contributed by atoms with Crippen LogP contribution in [0.25, 0.3) is 22.3 Å².